The van der Waals surface area contributed by atoms with Crippen molar-refractivity contribution in [1.82, 2.24) is 15.0 Å². The van der Waals surface area contributed by atoms with Crippen LogP contribution in [0.5, 0.6) is 5.75 Å². The third-order valence-electron chi connectivity index (χ3n) is 4.51. The molecule has 1 aromatic carbocycles. The molecule has 3 N–H and O–H groups in total. The molecular weight excluding hydrogens is 476 g/mol. The van der Waals surface area contributed by atoms with Crippen LogP contribution >= 0.6 is 22.9 Å². The first-order valence-electron chi connectivity index (χ1n) is 9.45. The van der Waals surface area contributed by atoms with E-state index < -0.39 is 11.9 Å². The van der Waals surface area contributed by atoms with Gasteiger partial charge in [-0.05, 0) is 29.6 Å². The molecular formula is C20H19ClN4O7S. The van der Waals surface area contributed by atoms with Crippen molar-refractivity contribution >= 4 is 46.5 Å². The Morgan fingerprint density at radius 3 is 2.61 bits per heavy atom. The predicted octanol–water partition coefficient (Wildman–Crippen LogP) is 2.65. The number of nitrogens with zero attached hydrogens (tertiary/aromatic N) is 3. The summed E-state index contributed by atoms with van der Waals surface area (Å²) in [5, 5.41) is 26.1. The van der Waals surface area contributed by atoms with Crippen molar-refractivity contribution in [2.45, 2.75) is 5.92 Å². The number of aromatic nitrogens is 2. The van der Waals surface area contributed by atoms with Gasteiger partial charge in [-0.3, -0.25) is 9.69 Å². The first-order valence-corrected chi connectivity index (χ1v) is 10.8. The van der Waals surface area contributed by atoms with Crippen molar-refractivity contribution in [2.24, 2.45) is 0 Å². The van der Waals surface area contributed by atoms with Crippen molar-refractivity contribution in [2.75, 3.05) is 32.1 Å². The highest BCUT2D eigenvalue weighted by Crippen LogP contribution is 2.29. The van der Waals surface area contributed by atoms with Crippen LogP contribution in [0.4, 0.5) is 5.69 Å². The minimum Gasteiger partial charge on any atom is -0.495 e. The van der Waals surface area contributed by atoms with Crippen LogP contribution in [0.2, 0.25) is 5.02 Å². The largest absolute Gasteiger partial charge is 0.495 e. The van der Waals surface area contributed by atoms with Crippen LogP contribution in [0.3, 0.4) is 0 Å². The van der Waals surface area contributed by atoms with Gasteiger partial charge in [0.2, 0.25) is 17.6 Å². The number of carbonyl (C=O) groups excluding carboxylic acids is 1. The zero-order valence-corrected chi connectivity index (χ0v) is 18.8. The molecule has 11 nitrogen and oxygen atoms in total. The maximum absolute atomic E-state index is 12.3. The fourth-order valence-electron chi connectivity index (χ4n) is 2.94. The molecule has 0 unspecified atom stereocenters. The molecule has 1 fully saturated rings. The number of aliphatic carboxylic acids is 2. The Balaban J connectivity index is 0.000000454. The molecule has 1 aliphatic rings. The zero-order chi connectivity index (χ0) is 24.0. The number of nitrogens with one attached hydrogen (secondary N) is 1. The van der Waals surface area contributed by atoms with E-state index in [4.69, 9.17) is 40.7 Å². The summed E-state index contributed by atoms with van der Waals surface area (Å²) in [6.45, 7) is 1.68. The van der Waals surface area contributed by atoms with Crippen LogP contribution < -0.4 is 10.1 Å². The van der Waals surface area contributed by atoms with Crippen LogP contribution in [0, 0.1) is 0 Å². The number of amides is 1. The number of hydrogen-bond donors (Lipinski definition) is 3. The van der Waals surface area contributed by atoms with Gasteiger partial charge in [0.25, 0.3) is 0 Å². The van der Waals surface area contributed by atoms with Gasteiger partial charge in [-0.15, -0.1) is 0 Å². The Hall–Kier alpha value is -3.48. The molecule has 0 saturated carbocycles. The molecule has 1 saturated heterocycles. The summed E-state index contributed by atoms with van der Waals surface area (Å²) >= 11 is 7.58. The van der Waals surface area contributed by atoms with E-state index in [0.29, 0.717) is 41.3 Å². The number of carboxylic acids is 2. The van der Waals surface area contributed by atoms with Crippen LogP contribution in [0.1, 0.15) is 11.8 Å². The highest BCUT2D eigenvalue weighted by molar-refractivity contribution is 7.08. The Labute approximate surface area is 196 Å². The molecule has 0 bridgehead atoms. The Kier molecular flexibility index (Phi) is 7.98. The molecule has 0 aliphatic carbocycles. The van der Waals surface area contributed by atoms with Crippen molar-refractivity contribution in [1.29, 1.82) is 0 Å². The molecule has 4 rings (SSSR count). The normalized spacial score (nSPS) is 13.4. The van der Waals surface area contributed by atoms with Gasteiger partial charge in [-0.25, -0.2) is 9.59 Å². The van der Waals surface area contributed by atoms with Gasteiger partial charge in [-0.1, -0.05) is 16.8 Å². The second-order valence-electron chi connectivity index (χ2n) is 6.86. The Morgan fingerprint density at radius 2 is 2.00 bits per heavy atom. The van der Waals surface area contributed by atoms with Crippen LogP contribution in [-0.4, -0.2) is 69.8 Å². The Morgan fingerprint density at radius 1 is 1.27 bits per heavy atom. The van der Waals surface area contributed by atoms with Gasteiger partial charge < -0.3 is 24.8 Å². The van der Waals surface area contributed by atoms with Crippen LogP contribution in [0.25, 0.3) is 11.4 Å². The first kappa shape index (κ1) is 24.2. The number of ether oxygens (including phenoxy) is 1. The molecule has 13 heteroatoms. The average molecular weight is 495 g/mol. The summed E-state index contributed by atoms with van der Waals surface area (Å²) in [7, 11) is 1.55. The minimum absolute atomic E-state index is 0.126. The average Bonchev–Trinajstić information content (AvgIpc) is 3.43. The highest BCUT2D eigenvalue weighted by Gasteiger charge is 2.33. The number of carbonyl (C=O) groups is 3. The topological polar surface area (TPSA) is 155 Å². The van der Waals surface area contributed by atoms with E-state index in [1.54, 1.807) is 36.6 Å². The van der Waals surface area contributed by atoms with Crippen molar-refractivity contribution in [3.05, 3.63) is 45.9 Å². The quantitative estimate of drug-likeness (QED) is 0.435. The second kappa shape index (κ2) is 10.9. The smallest absolute Gasteiger partial charge is 0.414 e. The molecule has 1 aliphatic heterocycles. The molecule has 0 spiro atoms. The SMILES string of the molecule is COc1ccc(Cl)cc1NC(=O)CN1CC(c2nc(-c3ccsc3)no2)C1.O=C(O)C(=O)O. The fraction of sp³-hybridized carbons (Fsp3) is 0.250. The molecule has 2 aromatic heterocycles. The van der Waals surface area contributed by atoms with E-state index in [1.807, 2.05) is 21.7 Å². The predicted molar refractivity (Wildman–Crippen MR) is 119 cm³/mol. The van der Waals surface area contributed by atoms with Crippen molar-refractivity contribution in [3.8, 4) is 17.1 Å². The first-order chi connectivity index (χ1) is 15.8. The summed E-state index contributed by atoms with van der Waals surface area (Å²) in [5.74, 6) is -1.83. The molecule has 174 valence electrons. The standard InChI is InChI=1S/C18H17ClN4O3S.C2H2O4/c1-25-15-3-2-13(19)6-14(15)20-16(24)9-23-7-12(8-23)18-21-17(22-26-18)11-4-5-27-10-11;3-1(4)2(5)6/h2-6,10,12H,7-9H2,1H3,(H,20,24);(H,3,4)(H,5,6). The van der Waals surface area contributed by atoms with Crippen LogP contribution in [0.15, 0.2) is 39.5 Å². The third kappa shape index (κ3) is 6.51. The molecule has 3 aromatic rings. The number of halogens is 1. The number of methoxy groups -OCH3 is 1. The maximum Gasteiger partial charge on any atom is 0.414 e. The van der Waals surface area contributed by atoms with Gasteiger partial charge in [0.15, 0.2) is 0 Å². The van der Waals surface area contributed by atoms with Crippen molar-refractivity contribution < 1.29 is 33.9 Å². The van der Waals surface area contributed by atoms with Crippen LogP contribution in [-0.2, 0) is 14.4 Å². The summed E-state index contributed by atoms with van der Waals surface area (Å²) < 4.78 is 10.6. The lowest BCUT2D eigenvalue weighted by Gasteiger charge is -2.36. The van der Waals surface area contributed by atoms with Gasteiger partial charge in [0.1, 0.15) is 5.75 Å². The lowest BCUT2D eigenvalue weighted by Crippen LogP contribution is -2.48. The Bertz CT molecular complexity index is 1120. The number of carboxylic acid groups (broad SMARTS) is 2. The number of likely N-dealkylation sites (tertiary alicyclic amines) is 1. The van der Waals surface area contributed by atoms with Crippen molar-refractivity contribution in [3.63, 3.8) is 0 Å². The summed E-state index contributed by atoms with van der Waals surface area (Å²) in [6.07, 6.45) is 0. The maximum atomic E-state index is 12.3. The summed E-state index contributed by atoms with van der Waals surface area (Å²) in [5.41, 5.74) is 1.52. The number of anilines is 1. The van der Waals surface area contributed by atoms with E-state index in [0.717, 1.165) is 5.56 Å². The van der Waals surface area contributed by atoms with Gasteiger partial charge in [0, 0.05) is 29.1 Å². The number of hydrogen-bond acceptors (Lipinski definition) is 9. The molecule has 0 radical (unpaired) electrons. The van der Waals surface area contributed by atoms with E-state index in [-0.39, 0.29) is 18.4 Å². The highest BCUT2D eigenvalue weighted by atomic mass is 35.5. The zero-order valence-electron chi connectivity index (χ0n) is 17.2. The number of rotatable bonds is 6. The van der Waals surface area contributed by atoms with Gasteiger partial charge >= 0.3 is 11.9 Å². The lowest BCUT2D eigenvalue weighted by molar-refractivity contribution is -0.159. The summed E-state index contributed by atoms with van der Waals surface area (Å²) in [4.78, 5) is 37.0. The second-order valence-corrected chi connectivity index (χ2v) is 8.08. The van der Waals surface area contributed by atoms with E-state index in [2.05, 4.69) is 15.5 Å². The minimum atomic E-state index is -1.82. The molecule has 0 atom stereocenters. The molecule has 1 amide bonds. The number of thiophene rings is 1. The van der Waals surface area contributed by atoms with E-state index in [9.17, 15) is 4.79 Å². The number of benzene rings is 1. The van der Waals surface area contributed by atoms with Gasteiger partial charge in [0.05, 0.1) is 25.3 Å². The molecule has 33 heavy (non-hydrogen) atoms. The fourth-order valence-corrected chi connectivity index (χ4v) is 3.74. The lowest BCUT2D eigenvalue weighted by atomic mass is 10.0. The monoisotopic (exact) mass is 494 g/mol. The van der Waals surface area contributed by atoms with Gasteiger partial charge in [-0.2, -0.15) is 16.3 Å². The van der Waals surface area contributed by atoms with E-state index >= 15 is 0 Å². The molecule has 3 heterocycles. The van der Waals surface area contributed by atoms with E-state index in [1.165, 1.54) is 0 Å². The summed E-state index contributed by atoms with van der Waals surface area (Å²) in [6, 6.07) is 7.06. The third-order valence-corrected chi connectivity index (χ3v) is 5.43.